The van der Waals surface area contributed by atoms with Gasteiger partial charge in [0.1, 0.15) is 18.5 Å². The summed E-state index contributed by atoms with van der Waals surface area (Å²) in [5.74, 6) is 1.35. The second-order valence-corrected chi connectivity index (χ2v) is 12.9. The van der Waals surface area contributed by atoms with Crippen LogP contribution in [0.4, 0.5) is 0 Å². The Labute approximate surface area is 259 Å². The minimum absolute atomic E-state index is 0.0332. The van der Waals surface area contributed by atoms with Crippen molar-refractivity contribution in [1.82, 2.24) is 9.78 Å². The summed E-state index contributed by atoms with van der Waals surface area (Å²) in [5, 5.41) is 10.7. The maximum absolute atomic E-state index is 12.1. The van der Waals surface area contributed by atoms with Gasteiger partial charge in [-0.3, -0.25) is 4.68 Å². The summed E-state index contributed by atoms with van der Waals surface area (Å²) in [6.45, 7) is 0.404. The Morgan fingerprint density at radius 1 is 1.14 bits per heavy atom. The van der Waals surface area contributed by atoms with Crippen molar-refractivity contribution in [2.45, 2.75) is 49.0 Å². The Bertz CT molecular complexity index is 1670. The van der Waals surface area contributed by atoms with Gasteiger partial charge in [0.25, 0.3) is 0 Å². The molecule has 3 aliphatic carbocycles. The highest BCUT2D eigenvalue weighted by Crippen LogP contribution is 2.56. The van der Waals surface area contributed by atoms with E-state index in [4.69, 9.17) is 49.1 Å². The maximum atomic E-state index is 12.1. The van der Waals surface area contributed by atoms with E-state index < -0.39 is 5.97 Å². The first-order chi connectivity index (χ1) is 20.3. The van der Waals surface area contributed by atoms with Crippen molar-refractivity contribution in [1.29, 1.82) is 0 Å². The van der Waals surface area contributed by atoms with Crippen LogP contribution in [0.1, 0.15) is 59.1 Å². The molecule has 7 rings (SSSR count). The van der Waals surface area contributed by atoms with Gasteiger partial charge in [-0.1, -0.05) is 52.6 Å². The molecule has 1 aliphatic heterocycles. The fourth-order valence-corrected chi connectivity index (χ4v) is 7.37. The number of carbonyl (C=O) groups excluding carboxylic acids is 1. The Morgan fingerprint density at radius 3 is 2.71 bits per heavy atom. The quantitative estimate of drug-likeness (QED) is 0.191. The number of nitrogens with zero attached hydrogens (tertiary/aromatic N) is 3. The molecule has 5 atom stereocenters. The van der Waals surface area contributed by atoms with Gasteiger partial charge in [-0.25, -0.2) is 4.79 Å². The number of hydrogen-bond donors (Lipinski definition) is 0. The van der Waals surface area contributed by atoms with Gasteiger partial charge in [-0.15, -0.1) is 11.6 Å². The highest BCUT2D eigenvalue weighted by Gasteiger charge is 2.47. The predicted octanol–water partition coefficient (Wildman–Crippen LogP) is 7.50. The molecule has 7 nitrogen and oxygen atoms in total. The predicted molar refractivity (Wildman–Crippen MR) is 164 cm³/mol. The number of aryl methyl sites for hydroxylation is 1. The smallest absolute Gasteiger partial charge is 0.359 e. The Morgan fingerprint density at radius 2 is 1.98 bits per heavy atom. The summed E-state index contributed by atoms with van der Waals surface area (Å²) < 4.78 is 12.9. The van der Waals surface area contributed by atoms with Gasteiger partial charge in [0, 0.05) is 28.1 Å². The van der Waals surface area contributed by atoms with Gasteiger partial charge in [0.15, 0.2) is 5.69 Å². The first-order valence-corrected chi connectivity index (χ1v) is 15.4. The molecule has 2 aromatic carbocycles. The molecule has 2 fully saturated rings. The maximum Gasteiger partial charge on any atom is 0.359 e. The number of ether oxygens (including phenoxy) is 2. The number of fused-ring (bicyclic) bond motifs is 1. The SMILES string of the molecule is COC(=O)c1nn(C)c2cc(C3CC3c3ccc(OCC4C(C5=C(Cl)C=CCC5Cl)=NOC4C4CC4)cc3Cl)ccc12. The number of aromatic nitrogens is 2. The number of oxime groups is 1. The summed E-state index contributed by atoms with van der Waals surface area (Å²) in [7, 11) is 3.20. The Hall–Kier alpha value is -3.00. The van der Waals surface area contributed by atoms with Crippen LogP contribution < -0.4 is 4.74 Å². The van der Waals surface area contributed by atoms with E-state index in [9.17, 15) is 4.79 Å². The number of methoxy groups -OCH3 is 1. The number of allylic oxidation sites excluding steroid dienone is 4. The molecule has 10 heteroatoms. The second kappa shape index (κ2) is 10.9. The number of halogens is 3. The van der Waals surface area contributed by atoms with Gasteiger partial charge in [0.05, 0.1) is 29.6 Å². The highest BCUT2D eigenvalue weighted by atomic mass is 35.5. The third-order valence-corrected chi connectivity index (χ3v) is 9.89. The molecule has 0 amide bonds. The van der Waals surface area contributed by atoms with E-state index >= 15 is 0 Å². The molecule has 0 radical (unpaired) electrons. The zero-order valence-corrected chi connectivity index (χ0v) is 25.5. The summed E-state index contributed by atoms with van der Waals surface area (Å²) >= 11 is 20.0. The lowest BCUT2D eigenvalue weighted by Crippen LogP contribution is -2.33. The molecule has 0 spiro atoms. The monoisotopic (exact) mass is 625 g/mol. The Kier molecular flexibility index (Phi) is 7.24. The molecule has 42 heavy (non-hydrogen) atoms. The van der Waals surface area contributed by atoms with Crippen LogP contribution in [0, 0.1) is 11.8 Å². The summed E-state index contributed by atoms with van der Waals surface area (Å²) in [6, 6.07) is 12.1. The number of rotatable bonds is 8. The zero-order valence-electron chi connectivity index (χ0n) is 23.2. The first-order valence-electron chi connectivity index (χ1n) is 14.3. The molecule has 2 saturated carbocycles. The molecule has 5 unspecified atom stereocenters. The molecule has 1 aromatic heterocycles. The Balaban J connectivity index is 1.06. The summed E-state index contributed by atoms with van der Waals surface area (Å²) in [6.07, 6.45) is 7.80. The minimum Gasteiger partial charge on any atom is -0.493 e. The van der Waals surface area contributed by atoms with Crippen LogP contribution in [0.3, 0.4) is 0 Å². The van der Waals surface area contributed by atoms with Crippen molar-refractivity contribution in [3.05, 3.63) is 81.0 Å². The van der Waals surface area contributed by atoms with Gasteiger partial charge in [0.2, 0.25) is 0 Å². The topological polar surface area (TPSA) is 74.9 Å². The average molecular weight is 627 g/mol. The number of benzene rings is 2. The molecular weight excluding hydrogens is 597 g/mol. The molecule has 2 heterocycles. The van der Waals surface area contributed by atoms with Gasteiger partial charge in [-0.05, 0) is 78.8 Å². The number of hydrogen-bond acceptors (Lipinski definition) is 6. The van der Waals surface area contributed by atoms with Crippen LogP contribution in [-0.2, 0) is 16.6 Å². The normalized spacial score (nSPS) is 26.8. The molecular formula is C32H30Cl3N3O4. The third-order valence-electron chi connectivity index (χ3n) is 8.83. The number of alkyl halides is 1. The van der Waals surface area contributed by atoms with E-state index in [1.165, 1.54) is 12.7 Å². The van der Waals surface area contributed by atoms with Crippen LogP contribution >= 0.6 is 34.8 Å². The van der Waals surface area contributed by atoms with Crippen LogP contribution in [0.15, 0.2) is 64.3 Å². The van der Waals surface area contributed by atoms with E-state index in [2.05, 4.69) is 28.5 Å². The number of carbonyl (C=O) groups is 1. The molecule has 0 N–H and O–H groups in total. The van der Waals surface area contributed by atoms with Crippen molar-refractivity contribution in [3.63, 3.8) is 0 Å². The van der Waals surface area contributed by atoms with E-state index in [-0.39, 0.29) is 17.4 Å². The summed E-state index contributed by atoms with van der Waals surface area (Å²) in [4.78, 5) is 18.0. The molecule has 0 bridgehead atoms. The fourth-order valence-electron chi connectivity index (χ4n) is 6.35. The van der Waals surface area contributed by atoms with Crippen LogP contribution in [0.25, 0.3) is 10.9 Å². The standard InChI is InChI=1S/C32H30Cl3N3O4/c1-38-27-12-17(8-10-20(27)30(36-38)32(39)40-2)21-14-22(21)19-11-9-18(13-26(19)35)41-15-23-29(37-42-31(23)16-6-7-16)28-24(33)4-3-5-25(28)34/h3-4,8-13,16,21-23,25,31H,5-7,14-15H2,1-2H3. The molecule has 0 saturated heterocycles. The van der Waals surface area contributed by atoms with Crippen LogP contribution in [-0.4, -0.2) is 46.7 Å². The van der Waals surface area contributed by atoms with E-state index in [0.717, 1.165) is 47.0 Å². The van der Waals surface area contributed by atoms with Crippen LogP contribution in [0.2, 0.25) is 5.02 Å². The average Bonchev–Trinajstić information content (AvgIpc) is 3.91. The lowest BCUT2D eigenvalue weighted by molar-refractivity contribution is 0.0340. The molecule has 218 valence electrons. The van der Waals surface area contributed by atoms with E-state index in [1.807, 2.05) is 37.4 Å². The van der Waals surface area contributed by atoms with E-state index in [0.29, 0.717) is 52.3 Å². The van der Waals surface area contributed by atoms with Gasteiger partial charge < -0.3 is 14.3 Å². The lowest BCUT2D eigenvalue weighted by Gasteiger charge is -2.23. The zero-order chi connectivity index (χ0) is 29.1. The van der Waals surface area contributed by atoms with Gasteiger partial charge in [-0.2, -0.15) is 5.10 Å². The molecule has 4 aliphatic rings. The second-order valence-electron chi connectivity index (χ2n) is 11.5. The fraction of sp³-hybridized carbons (Fsp3) is 0.406. The van der Waals surface area contributed by atoms with Crippen molar-refractivity contribution < 1.29 is 19.1 Å². The van der Waals surface area contributed by atoms with Crippen molar-refractivity contribution >= 4 is 57.4 Å². The van der Waals surface area contributed by atoms with Gasteiger partial charge >= 0.3 is 5.97 Å². The highest BCUT2D eigenvalue weighted by molar-refractivity contribution is 6.37. The van der Waals surface area contributed by atoms with Crippen molar-refractivity contribution in [2.75, 3.05) is 13.7 Å². The lowest BCUT2D eigenvalue weighted by atomic mass is 9.87. The van der Waals surface area contributed by atoms with Crippen LogP contribution in [0.5, 0.6) is 5.75 Å². The van der Waals surface area contributed by atoms with Crippen molar-refractivity contribution in [2.24, 2.45) is 24.0 Å². The number of esters is 1. The van der Waals surface area contributed by atoms with Crippen molar-refractivity contribution in [3.8, 4) is 5.75 Å². The summed E-state index contributed by atoms with van der Waals surface area (Å²) in [5.41, 5.74) is 5.18. The third kappa shape index (κ3) is 4.99. The first kappa shape index (κ1) is 27.8. The largest absolute Gasteiger partial charge is 0.493 e. The minimum atomic E-state index is -0.436. The molecule has 3 aromatic rings. The van der Waals surface area contributed by atoms with E-state index in [1.54, 1.807) is 4.68 Å².